The van der Waals surface area contributed by atoms with Crippen molar-refractivity contribution < 1.29 is 19.0 Å². The number of benzene rings is 1. The number of hydrogen-bond acceptors (Lipinski definition) is 2. The first-order chi connectivity index (χ1) is 7.00. The maximum Gasteiger partial charge on any atom is 0.334 e. The monoisotopic (exact) mass is 274 g/mol. The lowest BCUT2D eigenvalue weighted by atomic mass is 10.3. The van der Waals surface area contributed by atoms with E-state index in [0.717, 1.165) is 0 Å². The number of carboxylic acids is 1. The van der Waals surface area contributed by atoms with Crippen molar-refractivity contribution in [3.8, 4) is 5.75 Å². The lowest BCUT2D eigenvalue weighted by molar-refractivity contribution is -0.133. The highest BCUT2D eigenvalue weighted by Gasteiger charge is 2.07. The first kappa shape index (κ1) is 11.7. The minimum absolute atomic E-state index is 0.0915. The maximum atomic E-state index is 12.8. The van der Waals surface area contributed by atoms with Gasteiger partial charge >= 0.3 is 5.97 Å². The molecule has 0 spiro atoms. The van der Waals surface area contributed by atoms with E-state index in [1.54, 1.807) is 0 Å². The first-order valence-corrected chi connectivity index (χ1v) is 4.79. The highest BCUT2D eigenvalue weighted by molar-refractivity contribution is 9.10. The Labute approximate surface area is 94.3 Å². The Hall–Kier alpha value is -1.36. The van der Waals surface area contributed by atoms with Crippen molar-refractivity contribution in [1.82, 2.24) is 0 Å². The van der Waals surface area contributed by atoms with E-state index >= 15 is 0 Å². The maximum absolute atomic E-state index is 12.8. The van der Waals surface area contributed by atoms with E-state index in [4.69, 9.17) is 9.84 Å². The Morgan fingerprint density at radius 1 is 1.60 bits per heavy atom. The molecule has 0 unspecified atom stereocenters. The summed E-state index contributed by atoms with van der Waals surface area (Å²) < 4.78 is 18.4. The fourth-order valence-electron chi connectivity index (χ4n) is 0.814. The van der Waals surface area contributed by atoms with E-state index in [0.29, 0.717) is 4.47 Å². The molecule has 0 heterocycles. The molecular weight excluding hydrogens is 267 g/mol. The summed E-state index contributed by atoms with van der Waals surface area (Å²) in [6.07, 6.45) is 0. The number of carboxylic acid groups (broad SMARTS) is 1. The zero-order valence-corrected chi connectivity index (χ0v) is 9.25. The number of aliphatic carboxylic acids is 1. The van der Waals surface area contributed by atoms with Gasteiger partial charge in [-0.2, -0.15) is 0 Å². The number of hydrogen-bond donors (Lipinski definition) is 1. The van der Waals surface area contributed by atoms with Gasteiger partial charge < -0.3 is 9.84 Å². The SMILES string of the molecule is C=C(COc1cc(F)ccc1Br)C(=O)O. The molecule has 15 heavy (non-hydrogen) atoms. The zero-order chi connectivity index (χ0) is 11.4. The van der Waals surface area contributed by atoms with Crippen LogP contribution in [0.3, 0.4) is 0 Å². The van der Waals surface area contributed by atoms with Crippen molar-refractivity contribution in [2.45, 2.75) is 0 Å². The second kappa shape index (κ2) is 4.93. The van der Waals surface area contributed by atoms with Gasteiger partial charge in [-0.1, -0.05) is 6.58 Å². The molecule has 0 radical (unpaired) electrons. The minimum atomic E-state index is -1.14. The molecule has 0 aliphatic carbocycles. The minimum Gasteiger partial charge on any atom is -0.487 e. The Morgan fingerprint density at radius 3 is 2.87 bits per heavy atom. The molecule has 0 aromatic heterocycles. The van der Waals surface area contributed by atoms with Crippen LogP contribution in [0.2, 0.25) is 0 Å². The molecule has 1 aromatic carbocycles. The van der Waals surface area contributed by atoms with E-state index in [1.165, 1.54) is 18.2 Å². The average Bonchev–Trinajstić information content (AvgIpc) is 2.18. The topological polar surface area (TPSA) is 46.5 Å². The van der Waals surface area contributed by atoms with Gasteiger partial charge in [-0.3, -0.25) is 0 Å². The van der Waals surface area contributed by atoms with E-state index in [-0.39, 0.29) is 17.9 Å². The van der Waals surface area contributed by atoms with Gasteiger partial charge in [0.15, 0.2) is 0 Å². The Kier molecular flexibility index (Phi) is 3.85. The van der Waals surface area contributed by atoms with Gasteiger partial charge in [-0.05, 0) is 28.1 Å². The van der Waals surface area contributed by atoms with Gasteiger partial charge in [0.1, 0.15) is 18.2 Å². The Balaban J connectivity index is 2.69. The van der Waals surface area contributed by atoms with Crippen LogP contribution in [-0.2, 0) is 4.79 Å². The summed E-state index contributed by atoms with van der Waals surface area (Å²) in [4.78, 5) is 10.4. The number of halogens is 2. The molecule has 0 saturated heterocycles. The number of carbonyl (C=O) groups is 1. The van der Waals surface area contributed by atoms with Crippen molar-refractivity contribution in [2.24, 2.45) is 0 Å². The third kappa shape index (κ3) is 3.36. The molecule has 0 atom stereocenters. The van der Waals surface area contributed by atoms with Crippen LogP contribution in [0.15, 0.2) is 34.8 Å². The third-order valence-electron chi connectivity index (χ3n) is 1.60. The van der Waals surface area contributed by atoms with Gasteiger partial charge in [-0.15, -0.1) is 0 Å². The van der Waals surface area contributed by atoms with E-state index in [1.807, 2.05) is 0 Å². The molecule has 0 bridgehead atoms. The quantitative estimate of drug-likeness (QED) is 0.859. The summed E-state index contributed by atoms with van der Waals surface area (Å²) in [6, 6.07) is 3.91. The van der Waals surface area contributed by atoms with Crippen LogP contribution in [0.25, 0.3) is 0 Å². The van der Waals surface area contributed by atoms with Crippen LogP contribution in [0.5, 0.6) is 5.75 Å². The number of ether oxygens (including phenoxy) is 1. The zero-order valence-electron chi connectivity index (χ0n) is 7.67. The molecule has 1 rings (SSSR count). The Morgan fingerprint density at radius 2 is 2.27 bits per heavy atom. The van der Waals surface area contributed by atoms with Crippen LogP contribution < -0.4 is 4.74 Å². The summed E-state index contributed by atoms with van der Waals surface area (Å²) in [5.41, 5.74) is -0.0915. The molecule has 0 aliphatic rings. The second-order valence-electron chi connectivity index (χ2n) is 2.77. The fourth-order valence-corrected chi connectivity index (χ4v) is 1.18. The summed E-state index contributed by atoms with van der Waals surface area (Å²) >= 11 is 3.15. The molecule has 80 valence electrons. The molecule has 0 saturated carbocycles. The first-order valence-electron chi connectivity index (χ1n) is 3.99. The molecule has 0 fully saturated rings. The normalized spacial score (nSPS) is 9.73. The number of rotatable bonds is 4. The Bertz CT molecular complexity index is 404. The van der Waals surface area contributed by atoms with Crippen LogP contribution >= 0.6 is 15.9 Å². The van der Waals surface area contributed by atoms with Crippen LogP contribution in [0.1, 0.15) is 0 Å². The van der Waals surface area contributed by atoms with Crippen LogP contribution in [-0.4, -0.2) is 17.7 Å². The summed E-state index contributed by atoms with van der Waals surface area (Å²) in [5.74, 6) is -1.34. The highest BCUT2D eigenvalue weighted by atomic mass is 79.9. The van der Waals surface area contributed by atoms with Gasteiger partial charge in [0, 0.05) is 6.07 Å². The molecule has 5 heteroatoms. The van der Waals surface area contributed by atoms with Gasteiger partial charge in [0.2, 0.25) is 0 Å². The molecule has 1 aromatic rings. The lowest BCUT2D eigenvalue weighted by Crippen LogP contribution is -2.09. The summed E-state index contributed by atoms with van der Waals surface area (Å²) in [7, 11) is 0. The highest BCUT2D eigenvalue weighted by Crippen LogP contribution is 2.25. The van der Waals surface area contributed by atoms with Crippen molar-refractivity contribution in [3.63, 3.8) is 0 Å². The van der Waals surface area contributed by atoms with E-state index in [9.17, 15) is 9.18 Å². The molecule has 0 aliphatic heterocycles. The van der Waals surface area contributed by atoms with Crippen molar-refractivity contribution in [2.75, 3.05) is 6.61 Å². The fraction of sp³-hybridized carbons (Fsp3) is 0.100. The largest absolute Gasteiger partial charge is 0.487 e. The second-order valence-corrected chi connectivity index (χ2v) is 3.63. The summed E-state index contributed by atoms with van der Waals surface area (Å²) in [5, 5.41) is 8.52. The molecule has 1 N–H and O–H groups in total. The molecule has 3 nitrogen and oxygen atoms in total. The van der Waals surface area contributed by atoms with Crippen LogP contribution in [0.4, 0.5) is 4.39 Å². The summed E-state index contributed by atoms with van der Waals surface area (Å²) in [6.45, 7) is 3.10. The van der Waals surface area contributed by atoms with Crippen LogP contribution in [0, 0.1) is 5.82 Å². The van der Waals surface area contributed by atoms with E-state index in [2.05, 4.69) is 22.5 Å². The van der Waals surface area contributed by atoms with Crippen molar-refractivity contribution >= 4 is 21.9 Å². The predicted octanol–water partition coefficient (Wildman–Crippen LogP) is 2.61. The van der Waals surface area contributed by atoms with Gasteiger partial charge in [0.25, 0.3) is 0 Å². The molecular formula is C10H8BrFO3. The lowest BCUT2D eigenvalue weighted by Gasteiger charge is -2.07. The van der Waals surface area contributed by atoms with Crippen molar-refractivity contribution in [1.29, 1.82) is 0 Å². The van der Waals surface area contributed by atoms with Crippen molar-refractivity contribution in [3.05, 3.63) is 40.6 Å². The van der Waals surface area contributed by atoms with Gasteiger partial charge in [0.05, 0.1) is 10.0 Å². The predicted molar refractivity (Wildman–Crippen MR) is 56.4 cm³/mol. The van der Waals surface area contributed by atoms with E-state index < -0.39 is 11.8 Å². The average molecular weight is 275 g/mol. The standard InChI is InChI=1S/C10H8BrFO3/c1-6(10(13)14)5-15-9-4-7(12)2-3-8(9)11/h2-4H,1,5H2,(H,13,14). The third-order valence-corrected chi connectivity index (χ3v) is 2.25. The molecule has 0 amide bonds. The van der Waals surface area contributed by atoms with Gasteiger partial charge in [-0.25, -0.2) is 9.18 Å². The smallest absolute Gasteiger partial charge is 0.334 e.